The SMILES string of the molecule is C=CCn1c(Cl)nc2[nH]c(=O)n(CCCC)c(=O)c21. The van der Waals surface area contributed by atoms with Crippen LogP contribution in [0.25, 0.3) is 11.2 Å². The van der Waals surface area contributed by atoms with Gasteiger partial charge in [0.05, 0.1) is 0 Å². The number of nitrogens with zero attached hydrogens (tertiary/aromatic N) is 3. The molecule has 0 spiro atoms. The Morgan fingerprint density at radius 3 is 2.79 bits per heavy atom. The average Bonchev–Trinajstić information content (AvgIpc) is 2.66. The fourth-order valence-corrected chi connectivity index (χ4v) is 2.17. The molecule has 1 N–H and O–H groups in total. The molecular weight excluding hydrogens is 268 g/mol. The lowest BCUT2D eigenvalue weighted by atomic mass is 10.3. The molecule has 2 aromatic rings. The van der Waals surface area contributed by atoms with Gasteiger partial charge in [-0.2, -0.15) is 4.98 Å². The van der Waals surface area contributed by atoms with Crippen LogP contribution in [0.2, 0.25) is 5.28 Å². The Kier molecular flexibility index (Phi) is 3.90. The van der Waals surface area contributed by atoms with Gasteiger partial charge in [-0.3, -0.25) is 14.3 Å². The molecule has 0 atom stereocenters. The summed E-state index contributed by atoms with van der Waals surface area (Å²) in [4.78, 5) is 30.8. The average molecular weight is 283 g/mol. The summed E-state index contributed by atoms with van der Waals surface area (Å²) < 4.78 is 2.72. The summed E-state index contributed by atoms with van der Waals surface area (Å²) >= 11 is 5.96. The van der Waals surface area contributed by atoms with Gasteiger partial charge in [0.2, 0.25) is 5.28 Å². The van der Waals surface area contributed by atoms with Crippen molar-refractivity contribution in [3.05, 3.63) is 38.8 Å². The van der Waals surface area contributed by atoms with Gasteiger partial charge in [-0.1, -0.05) is 19.4 Å². The molecule has 0 saturated carbocycles. The first kappa shape index (κ1) is 13.6. The fourth-order valence-electron chi connectivity index (χ4n) is 1.93. The van der Waals surface area contributed by atoms with Crippen molar-refractivity contribution in [1.29, 1.82) is 0 Å². The number of imidazole rings is 1. The van der Waals surface area contributed by atoms with Gasteiger partial charge in [-0.05, 0) is 18.0 Å². The van der Waals surface area contributed by atoms with Crippen LogP contribution >= 0.6 is 11.6 Å². The smallest absolute Gasteiger partial charge is 0.305 e. The van der Waals surface area contributed by atoms with Crippen LogP contribution in [0, 0.1) is 0 Å². The van der Waals surface area contributed by atoms with Gasteiger partial charge >= 0.3 is 5.69 Å². The largest absolute Gasteiger partial charge is 0.330 e. The van der Waals surface area contributed by atoms with Crippen LogP contribution in [0.3, 0.4) is 0 Å². The van der Waals surface area contributed by atoms with Gasteiger partial charge in [0, 0.05) is 13.1 Å². The zero-order chi connectivity index (χ0) is 14.0. The van der Waals surface area contributed by atoms with E-state index in [-0.39, 0.29) is 16.5 Å². The zero-order valence-corrected chi connectivity index (χ0v) is 11.4. The molecule has 0 radical (unpaired) electrons. The maximum atomic E-state index is 12.4. The maximum Gasteiger partial charge on any atom is 0.330 e. The third kappa shape index (κ3) is 2.35. The van der Waals surface area contributed by atoms with E-state index in [1.807, 2.05) is 6.92 Å². The van der Waals surface area contributed by atoms with Crippen molar-refractivity contribution in [2.24, 2.45) is 0 Å². The topological polar surface area (TPSA) is 72.7 Å². The van der Waals surface area contributed by atoms with Crippen molar-refractivity contribution >= 4 is 22.8 Å². The Bertz CT molecular complexity index is 726. The van der Waals surface area contributed by atoms with Crippen LogP contribution in [0.1, 0.15) is 19.8 Å². The third-order valence-corrected chi connectivity index (χ3v) is 3.17. The number of hydrogen-bond acceptors (Lipinski definition) is 3. The van der Waals surface area contributed by atoms with Crippen molar-refractivity contribution < 1.29 is 0 Å². The Hall–Kier alpha value is -1.82. The molecule has 0 fully saturated rings. The highest BCUT2D eigenvalue weighted by molar-refractivity contribution is 6.29. The molecule has 0 aliphatic heterocycles. The van der Waals surface area contributed by atoms with Crippen molar-refractivity contribution in [2.75, 3.05) is 0 Å². The summed E-state index contributed by atoms with van der Waals surface area (Å²) in [6, 6.07) is 0. The van der Waals surface area contributed by atoms with Gasteiger partial charge in [0.25, 0.3) is 5.56 Å². The van der Waals surface area contributed by atoms with Crippen molar-refractivity contribution in [3.63, 3.8) is 0 Å². The predicted molar refractivity (Wildman–Crippen MR) is 74.7 cm³/mol. The molecular formula is C12H15ClN4O2. The molecule has 0 unspecified atom stereocenters. The van der Waals surface area contributed by atoms with Crippen LogP contribution in [-0.4, -0.2) is 19.1 Å². The molecule has 7 heteroatoms. The van der Waals surface area contributed by atoms with Crippen LogP contribution in [0.15, 0.2) is 22.2 Å². The molecule has 2 heterocycles. The molecule has 0 aliphatic carbocycles. The maximum absolute atomic E-state index is 12.4. The summed E-state index contributed by atoms with van der Waals surface area (Å²) in [5.74, 6) is 0. The van der Waals surface area contributed by atoms with Crippen LogP contribution in [0.4, 0.5) is 0 Å². The molecule has 0 bridgehead atoms. The third-order valence-electron chi connectivity index (χ3n) is 2.89. The van der Waals surface area contributed by atoms with Gasteiger partial charge in [0.15, 0.2) is 11.2 Å². The summed E-state index contributed by atoms with van der Waals surface area (Å²) in [5.41, 5.74) is -0.297. The minimum Gasteiger partial charge on any atom is -0.305 e. The molecule has 19 heavy (non-hydrogen) atoms. The summed E-state index contributed by atoms with van der Waals surface area (Å²) in [7, 11) is 0. The summed E-state index contributed by atoms with van der Waals surface area (Å²) in [6.45, 7) is 6.36. The Morgan fingerprint density at radius 1 is 1.42 bits per heavy atom. The van der Waals surface area contributed by atoms with E-state index < -0.39 is 5.69 Å². The van der Waals surface area contributed by atoms with E-state index in [9.17, 15) is 9.59 Å². The predicted octanol–water partition coefficient (Wildman–Crippen LogP) is 1.53. The lowest BCUT2D eigenvalue weighted by molar-refractivity contribution is 0.586. The number of halogens is 1. The Balaban J connectivity index is 2.73. The Morgan fingerprint density at radius 2 is 2.16 bits per heavy atom. The number of allylic oxidation sites excluding steroid dienone is 1. The first-order chi connectivity index (χ1) is 9.10. The minimum absolute atomic E-state index is 0.163. The van der Waals surface area contributed by atoms with E-state index in [0.717, 1.165) is 12.8 Å². The van der Waals surface area contributed by atoms with Crippen molar-refractivity contribution in [1.82, 2.24) is 19.1 Å². The lowest BCUT2D eigenvalue weighted by Crippen LogP contribution is -2.35. The quantitative estimate of drug-likeness (QED) is 0.668. The second-order valence-corrected chi connectivity index (χ2v) is 4.56. The number of nitrogens with one attached hydrogen (secondary N) is 1. The van der Waals surface area contributed by atoms with E-state index in [2.05, 4.69) is 16.5 Å². The molecule has 2 aromatic heterocycles. The number of aromatic amines is 1. The molecule has 0 amide bonds. The number of rotatable bonds is 5. The number of H-pyrrole nitrogens is 1. The number of unbranched alkanes of at least 4 members (excludes halogenated alkanes) is 1. The van der Waals surface area contributed by atoms with Crippen LogP contribution < -0.4 is 11.2 Å². The van der Waals surface area contributed by atoms with E-state index in [1.165, 1.54) is 9.13 Å². The van der Waals surface area contributed by atoms with Gasteiger partial charge in [-0.15, -0.1) is 6.58 Å². The highest BCUT2D eigenvalue weighted by Crippen LogP contribution is 2.14. The molecule has 0 aromatic carbocycles. The number of fused-ring (bicyclic) bond motifs is 1. The molecule has 0 saturated heterocycles. The normalized spacial score (nSPS) is 11.1. The highest BCUT2D eigenvalue weighted by Gasteiger charge is 2.15. The monoisotopic (exact) mass is 282 g/mol. The van der Waals surface area contributed by atoms with E-state index in [1.54, 1.807) is 6.08 Å². The summed E-state index contributed by atoms with van der Waals surface area (Å²) in [5, 5.41) is 0.163. The summed E-state index contributed by atoms with van der Waals surface area (Å²) in [6.07, 6.45) is 3.28. The Labute approximate surface area is 114 Å². The first-order valence-electron chi connectivity index (χ1n) is 6.09. The van der Waals surface area contributed by atoms with Crippen LogP contribution in [0.5, 0.6) is 0 Å². The van der Waals surface area contributed by atoms with E-state index in [0.29, 0.717) is 18.6 Å². The molecule has 0 aliphatic rings. The second-order valence-electron chi connectivity index (χ2n) is 4.22. The lowest BCUT2D eigenvalue weighted by Gasteiger charge is -2.05. The standard InChI is InChI=1S/C12H15ClN4O2/c1-3-5-7-17-10(18)8-9(15-12(17)19)14-11(13)16(8)6-4-2/h4H,2-3,5-7H2,1H3,(H,15,19). The highest BCUT2D eigenvalue weighted by atomic mass is 35.5. The first-order valence-corrected chi connectivity index (χ1v) is 6.47. The molecule has 102 valence electrons. The number of aromatic nitrogens is 4. The molecule has 2 rings (SSSR count). The van der Waals surface area contributed by atoms with Gasteiger partial charge in [0.1, 0.15) is 0 Å². The molecule has 6 nitrogen and oxygen atoms in total. The second kappa shape index (κ2) is 5.44. The van der Waals surface area contributed by atoms with E-state index >= 15 is 0 Å². The van der Waals surface area contributed by atoms with Gasteiger partial charge < -0.3 is 4.57 Å². The van der Waals surface area contributed by atoms with Gasteiger partial charge in [-0.25, -0.2) is 4.79 Å². The van der Waals surface area contributed by atoms with Crippen LogP contribution in [-0.2, 0) is 13.1 Å². The van der Waals surface area contributed by atoms with Crippen molar-refractivity contribution in [2.45, 2.75) is 32.9 Å². The fraction of sp³-hybridized carbons (Fsp3) is 0.417. The van der Waals surface area contributed by atoms with Crippen molar-refractivity contribution in [3.8, 4) is 0 Å². The van der Waals surface area contributed by atoms with E-state index in [4.69, 9.17) is 11.6 Å². The number of hydrogen-bond donors (Lipinski definition) is 1. The zero-order valence-electron chi connectivity index (χ0n) is 10.6. The minimum atomic E-state index is -0.453.